The third-order valence-electron chi connectivity index (χ3n) is 4.11. The van der Waals surface area contributed by atoms with Crippen LogP contribution < -0.4 is 11.1 Å². The molecule has 0 aromatic heterocycles. The van der Waals surface area contributed by atoms with E-state index in [0.717, 1.165) is 24.1 Å². The summed E-state index contributed by atoms with van der Waals surface area (Å²) in [5.41, 5.74) is 8.16. The van der Waals surface area contributed by atoms with E-state index in [-0.39, 0.29) is 18.6 Å². The standard InChI is InChI=1S/C17H26N2O2/c1-11-6-12(2)8-15(7-11)21-10-17(20)19-16-5-4-14(18)9-13(16)3/h4-5,9,11-12,15H,6-8,10,18H2,1-3H3,(H,19,20). The van der Waals surface area contributed by atoms with E-state index in [1.54, 1.807) is 6.07 Å². The van der Waals surface area contributed by atoms with Gasteiger partial charge in [0.1, 0.15) is 6.61 Å². The van der Waals surface area contributed by atoms with Crippen LogP contribution in [0.4, 0.5) is 11.4 Å². The number of amides is 1. The van der Waals surface area contributed by atoms with E-state index in [4.69, 9.17) is 10.5 Å². The normalized spacial score (nSPS) is 25.6. The smallest absolute Gasteiger partial charge is 0.250 e. The van der Waals surface area contributed by atoms with Gasteiger partial charge in [0.05, 0.1) is 6.10 Å². The third-order valence-corrected chi connectivity index (χ3v) is 4.11. The highest BCUT2D eigenvalue weighted by molar-refractivity contribution is 5.92. The van der Waals surface area contributed by atoms with Crippen LogP contribution in [-0.4, -0.2) is 18.6 Å². The molecule has 1 saturated carbocycles. The van der Waals surface area contributed by atoms with Gasteiger partial charge in [-0.05, 0) is 61.8 Å². The van der Waals surface area contributed by atoms with Crippen LogP contribution in [0.25, 0.3) is 0 Å². The van der Waals surface area contributed by atoms with Crippen LogP contribution in [0.2, 0.25) is 0 Å². The van der Waals surface area contributed by atoms with E-state index >= 15 is 0 Å². The van der Waals surface area contributed by atoms with Crippen molar-refractivity contribution < 1.29 is 9.53 Å². The first kappa shape index (κ1) is 15.8. The lowest BCUT2D eigenvalue weighted by Crippen LogP contribution is -2.29. The summed E-state index contributed by atoms with van der Waals surface area (Å²) in [5.74, 6) is 1.26. The lowest BCUT2D eigenvalue weighted by Gasteiger charge is -2.31. The summed E-state index contributed by atoms with van der Waals surface area (Å²) in [5, 5.41) is 2.88. The molecule has 0 aliphatic heterocycles. The Morgan fingerprint density at radius 3 is 2.57 bits per heavy atom. The molecule has 0 radical (unpaired) electrons. The molecular weight excluding hydrogens is 264 g/mol. The number of ether oxygens (including phenoxy) is 1. The molecule has 2 atom stereocenters. The van der Waals surface area contributed by atoms with E-state index in [0.29, 0.717) is 17.5 Å². The second-order valence-corrected chi connectivity index (χ2v) is 6.47. The minimum atomic E-state index is -0.103. The van der Waals surface area contributed by atoms with Crippen LogP contribution in [0.5, 0.6) is 0 Å². The number of hydrogen-bond donors (Lipinski definition) is 2. The zero-order valence-electron chi connectivity index (χ0n) is 13.2. The van der Waals surface area contributed by atoms with Gasteiger partial charge in [-0.1, -0.05) is 13.8 Å². The van der Waals surface area contributed by atoms with Crippen LogP contribution in [0.1, 0.15) is 38.7 Å². The second kappa shape index (κ2) is 6.94. The zero-order valence-corrected chi connectivity index (χ0v) is 13.2. The first-order valence-corrected chi connectivity index (χ1v) is 7.71. The fourth-order valence-corrected chi connectivity index (χ4v) is 3.22. The highest BCUT2D eigenvalue weighted by Gasteiger charge is 2.24. The van der Waals surface area contributed by atoms with Gasteiger partial charge in [-0.3, -0.25) is 4.79 Å². The van der Waals surface area contributed by atoms with Gasteiger partial charge in [0, 0.05) is 11.4 Å². The Bertz CT molecular complexity index is 492. The Balaban J connectivity index is 1.82. The van der Waals surface area contributed by atoms with E-state index in [2.05, 4.69) is 19.2 Å². The number of hydrogen-bond acceptors (Lipinski definition) is 3. The Labute approximate surface area is 127 Å². The van der Waals surface area contributed by atoms with Crippen LogP contribution in [-0.2, 0) is 9.53 Å². The number of nitrogen functional groups attached to an aromatic ring is 1. The lowest BCUT2D eigenvalue weighted by atomic mass is 9.82. The zero-order chi connectivity index (χ0) is 15.4. The van der Waals surface area contributed by atoms with Crippen molar-refractivity contribution in [3.8, 4) is 0 Å². The molecule has 1 fully saturated rings. The number of anilines is 2. The number of nitrogens with one attached hydrogen (secondary N) is 1. The number of rotatable bonds is 4. The van der Waals surface area contributed by atoms with E-state index in [9.17, 15) is 4.79 Å². The van der Waals surface area contributed by atoms with Crippen molar-refractivity contribution in [2.24, 2.45) is 11.8 Å². The molecule has 1 aromatic rings. The van der Waals surface area contributed by atoms with E-state index in [1.165, 1.54) is 6.42 Å². The van der Waals surface area contributed by atoms with Gasteiger partial charge in [-0.25, -0.2) is 0 Å². The maximum atomic E-state index is 12.0. The minimum absolute atomic E-state index is 0.103. The first-order valence-electron chi connectivity index (χ1n) is 7.71. The summed E-state index contributed by atoms with van der Waals surface area (Å²) >= 11 is 0. The van der Waals surface area contributed by atoms with Crippen LogP contribution in [0, 0.1) is 18.8 Å². The molecule has 0 spiro atoms. The Hall–Kier alpha value is -1.55. The molecule has 1 aliphatic rings. The number of benzene rings is 1. The Kier molecular flexibility index (Phi) is 5.23. The van der Waals surface area contributed by atoms with Gasteiger partial charge in [-0.2, -0.15) is 0 Å². The van der Waals surface area contributed by atoms with Gasteiger partial charge in [-0.15, -0.1) is 0 Å². The average Bonchev–Trinajstić information content (AvgIpc) is 2.39. The van der Waals surface area contributed by atoms with Gasteiger partial charge in [0.25, 0.3) is 0 Å². The summed E-state index contributed by atoms with van der Waals surface area (Å²) < 4.78 is 5.78. The summed E-state index contributed by atoms with van der Waals surface area (Å²) in [6.45, 7) is 6.55. The SMILES string of the molecule is Cc1cc(N)ccc1NC(=O)COC1CC(C)CC(C)C1. The fourth-order valence-electron chi connectivity index (χ4n) is 3.22. The van der Waals surface area contributed by atoms with Crippen molar-refractivity contribution in [1.82, 2.24) is 0 Å². The number of nitrogens with two attached hydrogens (primary N) is 1. The third kappa shape index (κ3) is 4.74. The molecule has 0 heterocycles. The van der Waals surface area contributed by atoms with Crippen LogP contribution in [0.15, 0.2) is 18.2 Å². The lowest BCUT2D eigenvalue weighted by molar-refractivity contribution is -0.124. The molecule has 1 amide bonds. The Morgan fingerprint density at radius 1 is 1.29 bits per heavy atom. The molecule has 0 saturated heterocycles. The number of carbonyl (C=O) groups excluding carboxylic acids is 1. The van der Waals surface area contributed by atoms with Crippen molar-refractivity contribution in [2.45, 2.75) is 46.1 Å². The van der Waals surface area contributed by atoms with Gasteiger partial charge >= 0.3 is 0 Å². The van der Waals surface area contributed by atoms with E-state index < -0.39 is 0 Å². The molecule has 3 N–H and O–H groups in total. The predicted molar refractivity (Wildman–Crippen MR) is 86.1 cm³/mol. The van der Waals surface area contributed by atoms with Crippen molar-refractivity contribution in [1.29, 1.82) is 0 Å². The molecule has 4 nitrogen and oxygen atoms in total. The van der Waals surface area contributed by atoms with Crippen LogP contribution >= 0.6 is 0 Å². The van der Waals surface area contributed by atoms with Crippen LogP contribution in [0.3, 0.4) is 0 Å². The maximum absolute atomic E-state index is 12.0. The van der Waals surface area contributed by atoms with Crippen molar-refractivity contribution in [3.63, 3.8) is 0 Å². The van der Waals surface area contributed by atoms with Gasteiger partial charge in [0.2, 0.25) is 5.91 Å². The topological polar surface area (TPSA) is 64.3 Å². The van der Waals surface area contributed by atoms with Crippen molar-refractivity contribution in [3.05, 3.63) is 23.8 Å². The molecule has 116 valence electrons. The van der Waals surface area contributed by atoms with Gasteiger partial charge < -0.3 is 15.8 Å². The highest BCUT2D eigenvalue weighted by atomic mass is 16.5. The quantitative estimate of drug-likeness (QED) is 0.836. The molecule has 0 bridgehead atoms. The predicted octanol–water partition coefficient (Wildman–Crippen LogP) is 3.36. The summed E-state index contributed by atoms with van der Waals surface area (Å²) in [4.78, 5) is 12.0. The fraction of sp³-hybridized carbons (Fsp3) is 0.588. The number of carbonyl (C=O) groups is 1. The molecule has 21 heavy (non-hydrogen) atoms. The summed E-state index contributed by atoms with van der Waals surface area (Å²) in [6.07, 6.45) is 3.58. The summed E-state index contributed by atoms with van der Waals surface area (Å²) in [7, 11) is 0. The number of aryl methyl sites for hydroxylation is 1. The second-order valence-electron chi connectivity index (χ2n) is 6.47. The minimum Gasteiger partial charge on any atom is -0.399 e. The first-order chi connectivity index (χ1) is 9.94. The largest absolute Gasteiger partial charge is 0.399 e. The molecule has 4 heteroatoms. The molecule has 1 aliphatic carbocycles. The molecular formula is C17H26N2O2. The van der Waals surface area contributed by atoms with Crippen molar-refractivity contribution in [2.75, 3.05) is 17.7 Å². The molecule has 2 unspecified atom stereocenters. The maximum Gasteiger partial charge on any atom is 0.250 e. The highest BCUT2D eigenvalue weighted by Crippen LogP contribution is 2.30. The average molecular weight is 290 g/mol. The molecule has 1 aromatic carbocycles. The monoisotopic (exact) mass is 290 g/mol. The van der Waals surface area contributed by atoms with E-state index in [1.807, 2.05) is 19.1 Å². The molecule has 2 rings (SSSR count). The van der Waals surface area contributed by atoms with Crippen molar-refractivity contribution >= 4 is 17.3 Å². The van der Waals surface area contributed by atoms with Gasteiger partial charge in [0.15, 0.2) is 0 Å². The summed E-state index contributed by atoms with van der Waals surface area (Å²) in [6, 6.07) is 5.46. The Morgan fingerprint density at radius 2 is 1.95 bits per heavy atom.